The molecule has 4 atom stereocenters. The second kappa shape index (κ2) is 8.45. The molecule has 2 aromatic carbocycles. The van der Waals surface area contributed by atoms with Crippen molar-refractivity contribution in [3.05, 3.63) is 71.0 Å². The molecule has 0 spiro atoms. The van der Waals surface area contributed by atoms with Gasteiger partial charge in [0.25, 0.3) is 5.91 Å². The van der Waals surface area contributed by atoms with Crippen molar-refractivity contribution >= 4 is 33.0 Å². The van der Waals surface area contributed by atoms with Crippen LogP contribution in [-0.4, -0.2) is 30.3 Å². The van der Waals surface area contributed by atoms with E-state index >= 15 is 0 Å². The molecule has 0 saturated heterocycles. The maximum Gasteiger partial charge on any atom is 0.255 e. The Balaban J connectivity index is 1.62. The fourth-order valence-electron chi connectivity index (χ4n) is 4.95. The molecule has 10 heteroatoms. The Morgan fingerprint density at radius 3 is 2.42 bits per heavy atom. The lowest BCUT2D eigenvalue weighted by atomic mass is 9.62. The van der Waals surface area contributed by atoms with E-state index in [0.29, 0.717) is 25.0 Å². The Kier molecular flexibility index (Phi) is 6.09. The molecule has 3 aliphatic carbocycles. The van der Waals surface area contributed by atoms with Crippen molar-refractivity contribution in [1.29, 1.82) is 0 Å². The lowest BCUT2D eigenvalue weighted by Crippen LogP contribution is -2.53. The summed E-state index contributed by atoms with van der Waals surface area (Å²) < 4.78 is 67.0. The molecule has 3 fully saturated rings. The van der Waals surface area contributed by atoms with Crippen molar-refractivity contribution in [1.82, 2.24) is 0 Å². The minimum Gasteiger partial charge on any atom is -0.386 e. The molecule has 176 valence electrons. The zero-order valence-corrected chi connectivity index (χ0v) is 18.9. The largest absolute Gasteiger partial charge is 0.386 e. The second-order valence-electron chi connectivity index (χ2n) is 8.61. The molecule has 0 heterocycles. The number of anilines is 1. The van der Waals surface area contributed by atoms with Crippen molar-refractivity contribution in [2.24, 2.45) is 11.8 Å². The highest BCUT2D eigenvalue weighted by Gasteiger charge is 2.53. The number of rotatable bonds is 5. The van der Waals surface area contributed by atoms with Gasteiger partial charge in [-0.05, 0) is 55.7 Å². The van der Waals surface area contributed by atoms with Gasteiger partial charge >= 0.3 is 0 Å². The number of fused-ring (bicyclic) bond motifs is 3. The van der Waals surface area contributed by atoms with Gasteiger partial charge in [-0.15, -0.1) is 6.58 Å². The molecule has 0 radical (unpaired) electrons. The lowest BCUT2D eigenvalue weighted by molar-refractivity contribution is -0.0579. The highest BCUT2D eigenvalue weighted by Crippen LogP contribution is 2.51. The molecule has 33 heavy (non-hydrogen) atoms. The SMILES string of the molecule is C=C[C@@]1(O)CC2CCC1C[C@@H]2S(=O)(=O)c1cc(C(=O)Nc2cc(F)c(F)c(F)c2)ccc1Cl. The fraction of sp³-hybridized carbons (Fsp3) is 0.348. The average Bonchev–Trinajstić information content (AvgIpc) is 2.77. The van der Waals surface area contributed by atoms with E-state index in [1.807, 2.05) is 0 Å². The predicted octanol–water partition coefficient (Wildman–Crippen LogP) is 4.89. The van der Waals surface area contributed by atoms with Gasteiger partial charge in [0.15, 0.2) is 27.3 Å². The highest BCUT2D eigenvalue weighted by atomic mass is 35.5. The van der Waals surface area contributed by atoms with Crippen LogP contribution in [0, 0.1) is 29.3 Å². The molecule has 3 aliphatic rings. The number of aliphatic hydroxyl groups is 1. The molecule has 5 nitrogen and oxygen atoms in total. The summed E-state index contributed by atoms with van der Waals surface area (Å²) in [5.41, 5.74) is -1.53. The smallest absolute Gasteiger partial charge is 0.255 e. The fourth-order valence-corrected chi connectivity index (χ4v) is 7.57. The molecule has 1 amide bonds. The van der Waals surface area contributed by atoms with Crippen LogP contribution in [0.3, 0.4) is 0 Å². The van der Waals surface area contributed by atoms with Gasteiger partial charge in [-0.3, -0.25) is 4.79 Å². The van der Waals surface area contributed by atoms with E-state index in [9.17, 15) is 31.5 Å². The molecule has 2 aromatic rings. The van der Waals surface area contributed by atoms with Crippen LogP contribution in [0.25, 0.3) is 0 Å². The summed E-state index contributed by atoms with van der Waals surface area (Å²) in [6.45, 7) is 3.68. The van der Waals surface area contributed by atoms with Crippen LogP contribution in [0.4, 0.5) is 18.9 Å². The van der Waals surface area contributed by atoms with Gasteiger partial charge in [0, 0.05) is 23.4 Å². The maximum atomic E-state index is 13.5. The van der Waals surface area contributed by atoms with E-state index in [1.165, 1.54) is 18.2 Å². The number of sulfone groups is 1. The summed E-state index contributed by atoms with van der Waals surface area (Å²) in [6.07, 6.45) is 3.34. The zero-order chi connectivity index (χ0) is 24.1. The average molecular weight is 500 g/mol. The number of nitrogens with one attached hydrogen (secondary N) is 1. The first kappa shape index (κ1) is 23.8. The summed E-state index contributed by atoms with van der Waals surface area (Å²) in [6, 6.07) is 4.88. The molecule has 2 N–H and O–H groups in total. The van der Waals surface area contributed by atoms with E-state index in [4.69, 9.17) is 11.6 Å². The Morgan fingerprint density at radius 2 is 1.85 bits per heavy atom. The quantitative estimate of drug-likeness (QED) is 0.453. The van der Waals surface area contributed by atoms with Gasteiger partial charge in [-0.2, -0.15) is 0 Å². The lowest BCUT2D eigenvalue weighted by Gasteiger charge is -2.50. The van der Waals surface area contributed by atoms with Crippen LogP contribution in [0.2, 0.25) is 5.02 Å². The first-order valence-electron chi connectivity index (χ1n) is 10.3. The second-order valence-corrected chi connectivity index (χ2v) is 11.1. The Hall–Kier alpha value is -2.36. The van der Waals surface area contributed by atoms with Crippen molar-refractivity contribution < 1.29 is 31.5 Å². The number of carbonyl (C=O) groups excluding carboxylic acids is 1. The summed E-state index contributed by atoms with van der Waals surface area (Å²) in [5, 5.41) is 12.1. The van der Waals surface area contributed by atoms with E-state index in [2.05, 4.69) is 11.9 Å². The van der Waals surface area contributed by atoms with Crippen molar-refractivity contribution in [2.75, 3.05) is 5.32 Å². The molecule has 5 rings (SSSR count). The molecular formula is C23H21ClF3NO4S. The molecule has 0 aliphatic heterocycles. The number of hydrogen-bond acceptors (Lipinski definition) is 4. The highest BCUT2D eigenvalue weighted by molar-refractivity contribution is 7.92. The van der Waals surface area contributed by atoms with Gasteiger partial charge in [0.2, 0.25) is 0 Å². The maximum absolute atomic E-state index is 13.5. The first-order chi connectivity index (χ1) is 15.5. The third-order valence-corrected chi connectivity index (χ3v) is 9.49. The third-order valence-electron chi connectivity index (χ3n) is 6.72. The first-order valence-corrected chi connectivity index (χ1v) is 12.2. The topological polar surface area (TPSA) is 83.5 Å². The normalized spacial score (nSPS) is 26.8. The van der Waals surface area contributed by atoms with Gasteiger partial charge < -0.3 is 10.4 Å². The molecular weight excluding hydrogens is 479 g/mol. The van der Waals surface area contributed by atoms with E-state index < -0.39 is 44.0 Å². The van der Waals surface area contributed by atoms with E-state index in [0.717, 1.165) is 6.07 Å². The molecule has 0 aromatic heterocycles. The number of carbonyl (C=O) groups is 1. The number of halogens is 4. The van der Waals surface area contributed by atoms with Gasteiger partial charge in [-0.25, -0.2) is 21.6 Å². The molecule has 3 saturated carbocycles. The summed E-state index contributed by atoms with van der Waals surface area (Å²) in [4.78, 5) is 12.4. The minimum atomic E-state index is -3.96. The predicted molar refractivity (Wildman–Crippen MR) is 117 cm³/mol. The summed E-state index contributed by atoms with van der Waals surface area (Å²) in [7, 11) is -3.96. The zero-order valence-electron chi connectivity index (χ0n) is 17.3. The number of hydrogen-bond donors (Lipinski definition) is 2. The van der Waals surface area contributed by atoms with Crippen LogP contribution in [0.15, 0.2) is 47.9 Å². The Labute approximate surface area is 194 Å². The Morgan fingerprint density at radius 1 is 1.18 bits per heavy atom. The number of amides is 1. The van der Waals surface area contributed by atoms with Gasteiger partial charge in [0.1, 0.15) is 0 Å². The number of benzene rings is 2. The van der Waals surface area contributed by atoms with Crippen LogP contribution < -0.4 is 5.32 Å². The van der Waals surface area contributed by atoms with E-state index in [1.54, 1.807) is 0 Å². The van der Waals surface area contributed by atoms with Gasteiger partial charge in [0.05, 0.1) is 20.8 Å². The van der Waals surface area contributed by atoms with Crippen LogP contribution >= 0.6 is 11.6 Å². The van der Waals surface area contributed by atoms with Crippen molar-refractivity contribution in [3.63, 3.8) is 0 Å². The van der Waals surface area contributed by atoms with Crippen LogP contribution in [-0.2, 0) is 9.84 Å². The standard InChI is InChI=1S/C23H21ClF3NO4S/c1-2-23(30)11-13-3-5-14(23)8-19(13)33(31,32)20-7-12(4-6-16(20)24)22(29)28-15-9-17(25)21(27)18(26)10-15/h2,4,6-7,9-10,13-14,19,30H,1,3,5,8,11H2,(H,28,29)/t13?,14?,19-,23+/m0/s1. The van der Waals surface area contributed by atoms with E-state index in [-0.39, 0.29) is 45.8 Å². The summed E-state index contributed by atoms with van der Waals surface area (Å²) in [5.74, 6) is -6.00. The minimum absolute atomic E-state index is 0.0640. The van der Waals surface area contributed by atoms with Crippen molar-refractivity contribution in [2.45, 2.75) is 41.4 Å². The summed E-state index contributed by atoms with van der Waals surface area (Å²) >= 11 is 6.19. The Bertz CT molecular complexity index is 1230. The third kappa shape index (κ3) is 4.18. The van der Waals surface area contributed by atoms with Gasteiger partial charge in [-0.1, -0.05) is 17.7 Å². The van der Waals surface area contributed by atoms with Crippen molar-refractivity contribution in [3.8, 4) is 0 Å². The van der Waals surface area contributed by atoms with Crippen LogP contribution in [0.1, 0.15) is 36.0 Å². The van der Waals surface area contributed by atoms with Crippen LogP contribution in [0.5, 0.6) is 0 Å². The molecule has 2 unspecified atom stereocenters. The monoisotopic (exact) mass is 499 g/mol. The molecule has 2 bridgehead atoms.